The van der Waals surface area contributed by atoms with Crippen molar-refractivity contribution in [3.05, 3.63) is 46.1 Å². The van der Waals surface area contributed by atoms with Crippen molar-refractivity contribution in [3.8, 4) is 5.75 Å². The molecule has 1 fully saturated rings. The first-order valence-corrected chi connectivity index (χ1v) is 12.6. The molecule has 3 N–H and O–H groups in total. The van der Waals surface area contributed by atoms with Crippen molar-refractivity contribution in [3.63, 3.8) is 0 Å². The van der Waals surface area contributed by atoms with Crippen molar-refractivity contribution in [2.45, 2.75) is 44.6 Å². The fourth-order valence-corrected chi connectivity index (χ4v) is 4.64. The van der Waals surface area contributed by atoms with Gasteiger partial charge in [-0.05, 0) is 37.7 Å². The molecular weight excluding hydrogens is 493 g/mol. The fourth-order valence-electron chi connectivity index (χ4n) is 3.80. The zero-order chi connectivity index (χ0) is 25.6. The van der Waals surface area contributed by atoms with Gasteiger partial charge in [0, 0.05) is 24.7 Å². The first kappa shape index (κ1) is 26.4. The Morgan fingerprint density at radius 3 is 2.49 bits per heavy atom. The van der Waals surface area contributed by atoms with E-state index in [4.69, 9.17) is 0 Å². The Kier molecular flexibility index (Phi) is 8.32. The second-order valence-corrected chi connectivity index (χ2v) is 9.96. The highest BCUT2D eigenvalue weighted by Crippen LogP contribution is 2.29. The summed E-state index contributed by atoms with van der Waals surface area (Å²) in [5, 5.41) is 17.1. The second kappa shape index (κ2) is 11.0. The minimum Gasteiger partial charge on any atom is -0.405 e. The lowest BCUT2D eigenvalue weighted by molar-refractivity contribution is -0.384. The molecule has 192 valence electrons. The van der Waals surface area contributed by atoms with Gasteiger partial charge in [0.1, 0.15) is 11.9 Å². The number of para-hydroxylation sites is 1. The van der Waals surface area contributed by atoms with E-state index in [1.54, 1.807) is 6.07 Å². The molecular formula is C20H25F3N6O5S. The van der Waals surface area contributed by atoms with Gasteiger partial charge in [0.05, 0.1) is 11.2 Å². The summed E-state index contributed by atoms with van der Waals surface area (Å²) in [5.41, 5.74) is -0.149. The Bertz CT molecular complexity index is 1140. The number of nitrogens with one attached hydrogen (secondary N) is 3. The number of hydrogen-bond acceptors (Lipinski definition) is 9. The van der Waals surface area contributed by atoms with Crippen molar-refractivity contribution < 1.29 is 31.2 Å². The molecule has 11 nitrogen and oxygen atoms in total. The van der Waals surface area contributed by atoms with Crippen molar-refractivity contribution in [2.75, 3.05) is 23.4 Å². The number of hydrogen-bond donors (Lipinski definition) is 3. The number of anilines is 2. The Hall–Kier alpha value is -3.20. The maximum absolute atomic E-state index is 12.6. The molecule has 1 saturated carbocycles. The summed E-state index contributed by atoms with van der Waals surface area (Å²) in [7, 11) is -3.28. The zero-order valence-corrected chi connectivity index (χ0v) is 19.5. The van der Waals surface area contributed by atoms with E-state index < -0.39 is 21.3 Å². The van der Waals surface area contributed by atoms with Crippen LogP contribution in [0, 0.1) is 16.0 Å². The molecule has 3 rings (SSSR count). The van der Waals surface area contributed by atoms with Gasteiger partial charge in [-0.25, -0.2) is 18.1 Å². The summed E-state index contributed by atoms with van der Waals surface area (Å²) in [5.74, 6) is -0.261. The molecule has 1 aliphatic carbocycles. The molecule has 15 heteroatoms. The molecule has 0 bridgehead atoms. The first-order valence-electron chi connectivity index (χ1n) is 10.7. The van der Waals surface area contributed by atoms with Gasteiger partial charge < -0.3 is 15.4 Å². The number of nitro groups is 1. The topological polar surface area (TPSA) is 148 Å². The summed E-state index contributed by atoms with van der Waals surface area (Å²) >= 11 is 0. The van der Waals surface area contributed by atoms with Gasteiger partial charge in [-0.2, -0.15) is 4.98 Å². The van der Waals surface area contributed by atoms with Crippen molar-refractivity contribution >= 4 is 27.5 Å². The van der Waals surface area contributed by atoms with E-state index in [1.807, 2.05) is 0 Å². The van der Waals surface area contributed by atoms with E-state index >= 15 is 0 Å². The highest BCUT2D eigenvalue weighted by Gasteiger charge is 2.32. The molecule has 0 spiro atoms. The van der Waals surface area contributed by atoms with Crippen LogP contribution < -0.4 is 20.1 Å². The number of sulfonamides is 1. The number of halogens is 3. The fraction of sp³-hybridized carbons (Fsp3) is 0.500. The van der Waals surface area contributed by atoms with Gasteiger partial charge in [-0.1, -0.05) is 18.2 Å². The molecule has 0 atom stereocenters. The van der Waals surface area contributed by atoms with Crippen LogP contribution in [0.5, 0.6) is 5.75 Å². The van der Waals surface area contributed by atoms with Crippen LogP contribution in [0.15, 0.2) is 30.5 Å². The van der Waals surface area contributed by atoms with Crippen LogP contribution in [-0.2, 0) is 16.6 Å². The molecule has 35 heavy (non-hydrogen) atoms. The van der Waals surface area contributed by atoms with E-state index in [0.29, 0.717) is 19.4 Å². The average Bonchev–Trinajstić information content (AvgIpc) is 2.76. The lowest BCUT2D eigenvalue weighted by Crippen LogP contribution is -2.37. The molecule has 2 aromatic rings. The van der Waals surface area contributed by atoms with Gasteiger partial charge >= 0.3 is 12.0 Å². The standard InChI is InChI=1S/C20H25F3N6O5S/c1-35(32,33)28-15-8-6-13(7-9-15)10-24-18-16(29(30)31)12-26-19(27-18)25-11-14-4-2-3-5-17(14)34-20(21,22)23/h2-5,12-13,15,28H,6-11H2,1H3,(H2,24,25,26,27). The van der Waals surface area contributed by atoms with Crippen molar-refractivity contribution in [2.24, 2.45) is 5.92 Å². The minimum atomic E-state index is -4.85. The quantitative estimate of drug-likeness (QED) is 0.318. The van der Waals surface area contributed by atoms with Crippen LogP contribution in [-0.4, -0.2) is 48.5 Å². The van der Waals surface area contributed by atoms with Crippen molar-refractivity contribution in [1.82, 2.24) is 14.7 Å². The predicted octanol–water partition coefficient (Wildman–Crippen LogP) is 3.42. The Labute approximate surface area is 199 Å². The van der Waals surface area contributed by atoms with E-state index in [2.05, 4.69) is 30.1 Å². The Balaban J connectivity index is 1.63. The molecule has 0 aliphatic heterocycles. The van der Waals surface area contributed by atoms with Crippen LogP contribution in [0.3, 0.4) is 0 Å². The van der Waals surface area contributed by atoms with E-state index in [9.17, 15) is 31.7 Å². The van der Waals surface area contributed by atoms with Crippen LogP contribution in [0.2, 0.25) is 0 Å². The zero-order valence-electron chi connectivity index (χ0n) is 18.7. The molecule has 0 amide bonds. The molecule has 0 unspecified atom stereocenters. The predicted molar refractivity (Wildman–Crippen MR) is 121 cm³/mol. The third-order valence-electron chi connectivity index (χ3n) is 5.39. The number of nitrogens with zero attached hydrogens (tertiary/aromatic N) is 3. The normalized spacial score (nSPS) is 18.6. The highest BCUT2D eigenvalue weighted by atomic mass is 32.2. The number of rotatable bonds is 10. The van der Waals surface area contributed by atoms with Crippen LogP contribution >= 0.6 is 0 Å². The Morgan fingerprint density at radius 1 is 1.17 bits per heavy atom. The lowest BCUT2D eigenvalue weighted by Gasteiger charge is -2.28. The van der Waals surface area contributed by atoms with Crippen molar-refractivity contribution in [1.29, 1.82) is 0 Å². The highest BCUT2D eigenvalue weighted by molar-refractivity contribution is 7.88. The smallest absolute Gasteiger partial charge is 0.405 e. The lowest BCUT2D eigenvalue weighted by atomic mass is 9.86. The van der Waals surface area contributed by atoms with Gasteiger partial charge in [-0.15, -0.1) is 13.2 Å². The van der Waals surface area contributed by atoms with E-state index in [1.165, 1.54) is 18.2 Å². The monoisotopic (exact) mass is 518 g/mol. The molecule has 1 aliphatic rings. The molecule has 0 saturated heterocycles. The summed E-state index contributed by atoms with van der Waals surface area (Å²) in [6.45, 7) is 0.270. The number of ether oxygens (including phenoxy) is 1. The first-order chi connectivity index (χ1) is 16.4. The average molecular weight is 519 g/mol. The maximum Gasteiger partial charge on any atom is 0.573 e. The summed E-state index contributed by atoms with van der Waals surface area (Å²) in [6.07, 6.45) is 0.0253. The number of aromatic nitrogens is 2. The third kappa shape index (κ3) is 8.51. The largest absolute Gasteiger partial charge is 0.573 e. The minimum absolute atomic E-state index is 0.0130. The maximum atomic E-state index is 12.6. The van der Waals surface area contributed by atoms with Gasteiger partial charge in [-0.3, -0.25) is 10.1 Å². The molecule has 1 heterocycles. The molecule has 0 radical (unpaired) electrons. The van der Waals surface area contributed by atoms with Crippen LogP contribution in [0.4, 0.5) is 30.6 Å². The summed E-state index contributed by atoms with van der Waals surface area (Å²) in [4.78, 5) is 18.8. The second-order valence-electron chi connectivity index (χ2n) is 8.18. The van der Waals surface area contributed by atoms with Crippen LogP contribution in [0.1, 0.15) is 31.2 Å². The van der Waals surface area contributed by atoms with Gasteiger partial charge in [0.2, 0.25) is 21.8 Å². The Morgan fingerprint density at radius 2 is 1.86 bits per heavy atom. The van der Waals surface area contributed by atoms with E-state index in [-0.39, 0.29) is 47.3 Å². The third-order valence-corrected chi connectivity index (χ3v) is 6.15. The number of benzene rings is 1. The summed E-state index contributed by atoms with van der Waals surface area (Å²) in [6, 6.07) is 5.43. The SMILES string of the molecule is CS(=O)(=O)NC1CCC(CNc2nc(NCc3ccccc3OC(F)(F)F)ncc2[N+](=O)[O-])CC1. The van der Waals surface area contributed by atoms with Crippen LogP contribution in [0.25, 0.3) is 0 Å². The van der Waals surface area contributed by atoms with Gasteiger partial charge in [0.15, 0.2) is 0 Å². The number of alkyl halides is 3. The summed E-state index contributed by atoms with van der Waals surface area (Å²) < 4.78 is 67.2. The van der Waals surface area contributed by atoms with E-state index in [0.717, 1.165) is 25.3 Å². The molecule has 1 aromatic heterocycles. The molecule has 1 aromatic carbocycles. The van der Waals surface area contributed by atoms with Gasteiger partial charge in [0.25, 0.3) is 0 Å².